The van der Waals surface area contributed by atoms with Crippen LogP contribution >= 0.6 is 28.1 Å². The van der Waals surface area contributed by atoms with E-state index in [0.717, 1.165) is 16.7 Å². The van der Waals surface area contributed by atoms with E-state index in [1.165, 1.54) is 5.56 Å². The molecule has 0 amide bonds. The lowest BCUT2D eigenvalue weighted by molar-refractivity contribution is 0.567. The Morgan fingerprint density at radius 3 is 2.59 bits per heavy atom. The molecule has 0 unspecified atom stereocenters. The van der Waals surface area contributed by atoms with Crippen molar-refractivity contribution in [2.24, 2.45) is 0 Å². The van der Waals surface area contributed by atoms with Gasteiger partial charge in [0.25, 0.3) is 0 Å². The molecule has 0 bridgehead atoms. The number of benzene rings is 1. The molecule has 0 saturated carbocycles. The van der Waals surface area contributed by atoms with Gasteiger partial charge in [-0.05, 0) is 43.8 Å². The van der Waals surface area contributed by atoms with Crippen LogP contribution in [0.5, 0.6) is 0 Å². The summed E-state index contributed by atoms with van der Waals surface area (Å²) in [5.41, 5.74) is 1.23. The number of H-pyrrole nitrogens is 1. The Kier molecular flexibility index (Phi) is 3.79. The quantitative estimate of drug-likeness (QED) is 0.873. The third-order valence-corrected chi connectivity index (χ3v) is 3.39. The van der Waals surface area contributed by atoms with Crippen LogP contribution in [0.25, 0.3) is 0 Å². The van der Waals surface area contributed by atoms with Gasteiger partial charge < -0.3 is 4.57 Å². The predicted octanol–water partition coefficient (Wildman–Crippen LogP) is 3.87. The van der Waals surface area contributed by atoms with Gasteiger partial charge in [0.2, 0.25) is 0 Å². The number of hydrogen-bond donors (Lipinski definition) is 1. The SMILES string of the molecule is CC(C)n1c(Cc2ccc(Br)cc2)n[nH]c1=S. The summed E-state index contributed by atoms with van der Waals surface area (Å²) in [7, 11) is 0. The third kappa shape index (κ3) is 2.84. The summed E-state index contributed by atoms with van der Waals surface area (Å²) in [4.78, 5) is 0. The van der Waals surface area contributed by atoms with Gasteiger partial charge in [-0.2, -0.15) is 5.10 Å². The Hall–Kier alpha value is -0.940. The summed E-state index contributed by atoms with van der Waals surface area (Å²) >= 11 is 8.65. The first-order valence-corrected chi connectivity index (χ1v) is 6.68. The monoisotopic (exact) mass is 311 g/mol. The van der Waals surface area contributed by atoms with Crippen LogP contribution < -0.4 is 0 Å². The van der Waals surface area contributed by atoms with Gasteiger partial charge in [0, 0.05) is 16.9 Å². The van der Waals surface area contributed by atoms with Gasteiger partial charge in [-0.15, -0.1) is 0 Å². The highest BCUT2D eigenvalue weighted by molar-refractivity contribution is 9.10. The Labute approximate surface area is 114 Å². The van der Waals surface area contributed by atoms with Gasteiger partial charge in [0.05, 0.1) is 0 Å². The van der Waals surface area contributed by atoms with E-state index in [2.05, 4.69) is 56.7 Å². The molecular weight excluding hydrogens is 298 g/mol. The smallest absolute Gasteiger partial charge is 0.195 e. The van der Waals surface area contributed by atoms with Crippen molar-refractivity contribution < 1.29 is 0 Å². The van der Waals surface area contributed by atoms with Crippen LogP contribution in [0, 0.1) is 4.77 Å². The van der Waals surface area contributed by atoms with Crippen LogP contribution in [0.15, 0.2) is 28.7 Å². The number of halogens is 1. The van der Waals surface area contributed by atoms with Crippen molar-refractivity contribution in [3.05, 3.63) is 44.9 Å². The fourth-order valence-electron chi connectivity index (χ4n) is 1.78. The van der Waals surface area contributed by atoms with Gasteiger partial charge in [0.1, 0.15) is 5.82 Å². The zero-order valence-electron chi connectivity index (χ0n) is 9.77. The molecule has 0 aliphatic carbocycles. The molecule has 3 nitrogen and oxygen atoms in total. The number of aromatic amines is 1. The maximum absolute atomic E-state index is 5.22. The second-order valence-corrected chi connectivity index (χ2v) is 5.51. The minimum absolute atomic E-state index is 0.326. The average Bonchev–Trinajstić information content (AvgIpc) is 2.63. The van der Waals surface area contributed by atoms with Crippen molar-refractivity contribution >= 4 is 28.1 Å². The maximum Gasteiger partial charge on any atom is 0.195 e. The Bertz CT molecular complexity index is 554. The number of nitrogens with one attached hydrogen (secondary N) is 1. The normalized spacial score (nSPS) is 11.1. The molecule has 2 aromatic rings. The molecule has 90 valence electrons. The van der Waals surface area contributed by atoms with E-state index in [1.807, 2.05) is 12.1 Å². The first-order chi connectivity index (χ1) is 8.08. The van der Waals surface area contributed by atoms with E-state index in [-0.39, 0.29) is 0 Å². The minimum atomic E-state index is 0.326. The molecule has 0 atom stereocenters. The number of hydrogen-bond acceptors (Lipinski definition) is 2. The standard InChI is InChI=1S/C12H14BrN3S/c1-8(2)16-11(14-15-12(16)17)7-9-3-5-10(13)6-4-9/h3-6,8H,7H2,1-2H3,(H,15,17). The molecule has 5 heteroatoms. The van der Waals surface area contributed by atoms with Gasteiger partial charge >= 0.3 is 0 Å². The van der Waals surface area contributed by atoms with E-state index in [4.69, 9.17) is 12.2 Å². The third-order valence-electron chi connectivity index (χ3n) is 2.57. The number of aromatic nitrogens is 3. The molecule has 0 aliphatic heterocycles. The summed E-state index contributed by atoms with van der Waals surface area (Å²) in [6.07, 6.45) is 0.790. The zero-order valence-corrected chi connectivity index (χ0v) is 12.2. The van der Waals surface area contributed by atoms with E-state index in [9.17, 15) is 0 Å². The van der Waals surface area contributed by atoms with Gasteiger partial charge in [-0.3, -0.25) is 5.10 Å². The van der Waals surface area contributed by atoms with Gasteiger partial charge in [-0.1, -0.05) is 28.1 Å². The predicted molar refractivity (Wildman–Crippen MR) is 74.7 cm³/mol. The molecular formula is C12H14BrN3S. The molecule has 1 heterocycles. The highest BCUT2D eigenvalue weighted by Gasteiger charge is 2.09. The van der Waals surface area contributed by atoms with E-state index in [0.29, 0.717) is 10.8 Å². The summed E-state index contributed by atoms with van der Waals surface area (Å²) in [5.74, 6) is 0.979. The Morgan fingerprint density at radius 1 is 1.35 bits per heavy atom. The second kappa shape index (κ2) is 5.14. The molecule has 0 radical (unpaired) electrons. The van der Waals surface area contributed by atoms with Crippen molar-refractivity contribution in [3.63, 3.8) is 0 Å². The summed E-state index contributed by atoms with van der Waals surface area (Å²) in [5, 5.41) is 7.15. The first-order valence-electron chi connectivity index (χ1n) is 5.48. The number of rotatable bonds is 3. The van der Waals surface area contributed by atoms with Crippen molar-refractivity contribution in [2.75, 3.05) is 0 Å². The minimum Gasteiger partial charge on any atom is -0.301 e. The maximum atomic E-state index is 5.22. The highest BCUT2D eigenvalue weighted by atomic mass is 79.9. The molecule has 0 aliphatic rings. The Balaban J connectivity index is 2.30. The van der Waals surface area contributed by atoms with Crippen LogP contribution in [-0.2, 0) is 6.42 Å². The summed E-state index contributed by atoms with van der Waals surface area (Å²) in [6, 6.07) is 8.58. The molecule has 1 aromatic carbocycles. The Morgan fingerprint density at radius 2 is 2.00 bits per heavy atom. The van der Waals surface area contributed by atoms with Gasteiger partial charge in [0.15, 0.2) is 4.77 Å². The van der Waals surface area contributed by atoms with E-state index < -0.39 is 0 Å². The largest absolute Gasteiger partial charge is 0.301 e. The van der Waals surface area contributed by atoms with Gasteiger partial charge in [-0.25, -0.2) is 0 Å². The first kappa shape index (κ1) is 12.5. The molecule has 1 aromatic heterocycles. The van der Waals surface area contributed by atoms with Crippen LogP contribution in [-0.4, -0.2) is 14.8 Å². The molecule has 2 rings (SSSR count). The van der Waals surface area contributed by atoms with Crippen LogP contribution in [0.3, 0.4) is 0 Å². The fourth-order valence-corrected chi connectivity index (χ4v) is 2.41. The van der Waals surface area contributed by atoms with Crippen molar-refractivity contribution in [1.29, 1.82) is 0 Å². The van der Waals surface area contributed by atoms with E-state index in [1.54, 1.807) is 0 Å². The second-order valence-electron chi connectivity index (χ2n) is 4.21. The molecule has 1 N–H and O–H groups in total. The molecule has 0 saturated heterocycles. The van der Waals surface area contributed by atoms with Crippen LogP contribution in [0.4, 0.5) is 0 Å². The van der Waals surface area contributed by atoms with Crippen LogP contribution in [0.2, 0.25) is 0 Å². The van der Waals surface area contributed by atoms with Crippen molar-refractivity contribution in [1.82, 2.24) is 14.8 Å². The molecule has 0 spiro atoms. The zero-order chi connectivity index (χ0) is 12.4. The molecule has 0 fully saturated rings. The number of nitrogens with zero attached hydrogens (tertiary/aromatic N) is 2. The van der Waals surface area contributed by atoms with Crippen molar-refractivity contribution in [2.45, 2.75) is 26.3 Å². The lowest BCUT2D eigenvalue weighted by atomic mass is 10.1. The van der Waals surface area contributed by atoms with E-state index >= 15 is 0 Å². The summed E-state index contributed by atoms with van der Waals surface area (Å²) < 4.78 is 3.83. The van der Waals surface area contributed by atoms with Crippen LogP contribution in [0.1, 0.15) is 31.3 Å². The van der Waals surface area contributed by atoms with Crippen molar-refractivity contribution in [3.8, 4) is 0 Å². The topological polar surface area (TPSA) is 33.6 Å². The lowest BCUT2D eigenvalue weighted by Gasteiger charge is -2.10. The molecule has 17 heavy (non-hydrogen) atoms. The lowest BCUT2D eigenvalue weighted by Crippen LogP contribution is -2.07. The highest BCUT2D eigenvalue weighted by Crippen LogP contribution is 2.15. The fraction of sp³-hybridized carbons (Fsp3) is 0.333. The summed E-state index contributed by atoms with van der Waals surface area (Å²) in [6.45, 7) is 4.22. The average molecular weight is 312 g/mol.